The second-order valence-corrected chi connectivity index (χ2v) is 9.25. The molecule has 7 heteroatoms. The van der Waals surface area contributed by atoms with Crippen LogP contribution >= 0.6 is 0 Å². The Morgan fingerprint density at radius 2 is 1.68 bits per heavy atom. The van der Waals surface area contributed by atoms with Crippen molar-refractivity contribution in [3.8, 4) is 0 Å². The van der Waals surface area contributed by atoms with Gasteiger partial charge >= 0.3 is 6.03 Å². The van der Waals surface area contributed by atoms with Crippen molar-refractivity contribution in [3.05, 3.63) is 35.4 Å². The molecule has 1 unspecified atom stereocenters. The molecule has 3 fully saturated rings. The molecule has 1 aromatic rings. The fourth-order valence-corrected chi connectivity index (χ4v) is 5.18. The van der Waals surface area contributed by atoms with Gasteiger partial charge in [0, 0.05) is 13.1 Å². The van der Waals surface area contributed by atoms with E-state index in [2.05, 4.69) is 21.6 Å². The van der Waals surface area contributed by atoms with E-state index in [1.54, 1.807) is 6.92 Å². The van der Waals surface area contributed by atoms with Crippen molar-refractivity contribution in [2.45, 2.75) is 83.0 Å². The van der Waals surface area contributed by atoms with Gasteiger partial charge in [-0.05, 0) is 56.8 Å². The largest absolute Gasteiger partial charge is 0.350 e. The first-order valence-corrected chi connectivity index (χ1v) is 11.7. The first-order chi connectivity index (χ1) is 15.0. The van der Waals surface area contributed by atoms with Gasteiger partial charge in [-0.15, -0.1) is 0 Å². The minimum atomic E-state index is -0.828. The molecule has 2 aliphatic heterocycles. The Bertz CT molecular complexity index is 826. The molecule has 3 aliphatic rings. The molecule has 4 amide bonds. The molecule has 31 heavy (non-hydrogen) atoms. The molecule has 2 saturated heterocycles. The Balaban J connectivity index is 1.37. The normalized spacial score (nSPS) is 22.4. The molecule has 2 N–H and O–H groups in total. The first kappa shape index (κ1) is 21.8. The molecule has 1 spiro atoms. The van der Waals surface area contributed by atoms with Crippen molar-refractivity contribution in [1.29, 1.82) is 0 Å². The number of amides is 4. The third-order valence-corrected chi connectivity index (χ3v) is 7.08. The summed E-state index contributed by atoms with van der Waals surface area (Å²) in [6.07, 6.45) is 8.25. The van der Waals surface area contributed by atoms with Crippen molar-refractivity contribution in [2.24, 2.45) is 0 Å². The highest BCUT2D eigenvalue weighted by atomic mass is 16.2. The molecule has 1 aliphatic carbocycles. The first-order valence-electron chi connectivity index (χ1n) is 11.7. The Kier molecular flexibility index (Phi) is 6.60. The summed E-state index contributed by atoms with van der Waals surface area (Å²) in [4.78, 5) is 41.9. The maximum atomic E-state index is 12.9. The maximum Gasteiger partial charge on any atom is 0.325 e. The van der Waals surface area contributed by atoms with Gasteiger partial charge in [-0.2, -0.15) is 0 Å². The molecule has 0 radical (unpaired) electrons. The van der Waals surface area contributed by atoms with Gasteiger partial charge in [0.05, 0.1) is 0 Å². The highest BCUT2D eigenvalue weighted by Crippen LogP contribution is 2.35. The van der Waals surface area contributed by atoms with Crippen molar-refractivity contribution >= 4 is 17.8 Å². The van der Waals surface area contributed by atoms with E-state index in [1.807, 2.05) is 18.2 Å². The number of hydrogen-bond donors (Lipinski definition) is 2. The van der Waals surface area contributed by atoms with E-state index >= 15 is 0 Å². The third kappa shape index (κ3) is 4.61. The van der Waals surface area contributed by atoms with Gasteiger partial charge in [0.25, 0.3) is 5.91 Å². The summed E-state index contributed by atoms with van der Waals surface area (Å²) in [5.74, 6) is -0.553. The zero-order valence-electron chi connectivity index (χ0n) is 18.5. The van der Waals surface area contributed by atoms with E-state index in [1.165, 1.54) is 31.2 Å². The molecule has 0 bridgehead atoms. The Morgan fingerprint density at radius 1 is 1.03 bits per heavy atom. The average Bonchev–Trinajstić information content (AvgIpc) is 3.21. The van der Waals surface area contributed by atoms with Crippen LogP contribution in [0.2, 0.25) is 0 Å². The maximum absolute atomic E-state index is 12.9. The number of nitrogens with one attached hydrogen (secondary N) is 2. The summed E-state index contributed by atoms with van der Waals surface area (Å²) in [7, 11) is 0. The van der Waals surface area contributed by atoms with Crippen LogP contribution in [0.15, 0.2) is 24.3 Å². The molecular weight excluding hydrogens is 392 g/mol. The lowest BCUT2D eigenvalue weighted by Gasteiger charge is -2.24. The SMILES string of the molecule is CC(C(=O)NCc1ccccc1CN1CCCCCC1)N1C(=O)NC2(CCCC2)C1=O. The molecule has 0 aromatic heterocycles. The van der Waals surface area contributed by atoms with Crippen LogP contribution in [0.4, 0.5) is 4.79 Å². The average molecular weight is 427 g/mol. The van der Waals surface area contributed by atoms with Crippen LogP contribution < -0.4 is 10.6 Å². The number of benzene rings is 1. The predicted octanol–water partition coefficient (Wildman–Crippen LogP) is 2.93. The lowest BCUT2D eigenvalue weighted by atomic mass is 9.97. The van der Waals surface area contributed by atoms with Crippen molar-refractivity contribution in [1.82, 2.24) is 20.4 Å². The lowest BCUT2D eigenvalue weighted by molar-refractivity contribution is -0.137. The van der Waals surface area contributed by atoms with Gasteiger partial charge in [-0.1, -0.05) is 49.9 Å². The fraction of sp³-hybridized carbons (Fsp3) is 0.625. The Morgan fingerprint density at radius 3 is 2.35 bits per heavy atom. The zero-order chi connectivity index (χ0) is 21.8. The lowest BCUT2D eigenvalue weighted by Crippen LogP contribution is -2.49. The second kappa shape index (κ2) is 9.39. The molecule has 1 saturated carbocycles. The molecule has 1 atom stereocenters. The quantitative estimate of drug-likeness (QED) is 0.686. The minimum absolute atomic E-state index is 0.251. The van der Waals surface area contributed by atoms with Crippen LogP contribution in [-0.4, -0.2) is 52.3 Å². The molecule has 168 valence electrons. The highest BCUT2D eigenvalue weighted by molar-refractivity contribution is 6.09. The van der Waals surface area contributed by atoms with Crippen LogP contribution in [-0.2, 0) is 22.7 Å². The van der Waals surface area contributed by atoms with Crippen LogP contribution in [0, 0.1) is 0 Å². The van der Waals surface area contributed by atoms with Gasteiger partial charge in [0.2, 0.25) is 5.91 Å². The van der Waals surface area contributed by atoms with Gasteiger partial charge in [-0.25, -0.2) is 9.69 Å². The number of imide groups is 1. The Labute approximate surface area is 184 Å². The summed E-state index contributed by atoms with van der Waals surface area (Å²) < 4.78 is 0. The summed E-state index contributed by atoms with van der Waals surface area (Å²) in [6, 6.07) is 6.91. The van der Waals surface area contributed by atoms with Gasteiger partial charge in [0.15, 0.2) is 0 Å². The van der Waals surface area contributed by atoms with E-state index in [4.69, 9.17) is 0 Å². The van der Waals surface area contributed by atoms with Crippen LogP contribution in [0.1, 0.15) is 69.4 Å². The fourth-order valence-electron chi connectivity index (χ4n) is 5.18. The summed E-state index contributed by atoms with van der Waals surface area (Å²) in [5.41, 5.74) is 1.51. The van der Waals surface area contributed by atoms with E-state index in [9.17, 15) is 14.4 Å². The van der Waals surface area contributed by atoms with Crippen LogP contribution in [0.5, 0.6) is 0 Å². The standard InChI is InChI=1S/C24H34N4O3/c1-18(28-22(30)24(26-23(28)31)12-6-7-13-24)21(29)25-16-19-10-4-5-11-20(19)17-27-14-8-2-3-9-15-27/h4-5,10-11,18H,2-3,6-9,12-17H2,1H3,(H,25,29)(H,26,31). The summed E-state index contributed by atoms with van der Waals surface area (Å²) in [6.45, 7) is 5.14. The zero-order valence-corrected chi connectivity index (χ0v) is 18.5. The molecule has 2 heterocycles. The molecule has 1 aromatic carbocycles. The van der Waals surface area contributed by atoms with E-state index in [-0.39, 0.29) is 11.8 Å². The topological polar surface area (TPSA) is 81.8 Å². The molecule has 7 nitrogen and oxygen atoms in total. The second-order valence-electron chi connectivity index (χ2n) is 9.25. The Hall–Kier alpha value is -2.41. The monoisotopic (exact) mass is 426 g/mol. The van der Waals surface area contributed by atoms with Gasteiger partial charge in [-0.3, -0.25) is 14.5 Å². The van der Waals surface area contributed by atoms with E-state index < -0.39 is 17.6 Å². The number of urea groups is 1. The predicted molar refractivity (Wildman–Crippen MR) is 118 cm³/mol. The van der Waals surface area contributed by atoms with Gasteiger partial charge in [0.1, 0.15) is 11.6 Å². The molecule has 4 rings (SSSR count). The summed E-state index contributed by atoms with van der Waals surface area (Å²) >= 11 is 0. The number of nitrogens with zero attached hydrogens (tertiary/aromatic N) is 2. The smallest absolute Gasteiger partial charge is 0.325 e. The highest BCUT2D eigenvalue weighted by Gasteiger charge is 2.54. The number of rotatable bonds is 6. The van der Waals surface area contributed by atoms with Crippen LogP contribution in [0.3, 0.4) is 0 Å². The number of hydrogen-bond acceptors (Lipinski definition) is 4. The third-order valence-electron chi connectivity index (χ3n) is 7.08. The van der Waals surface area contributed by atoms with Crippen molar-refractivity contribution in [2.75, 3.05) is 13.1 Å². The molecular formula is C24H34N4O3. The van der Waals surface area contributed by atoms with E-state index in [0.29, 0.717) is 19.4 Å². The van der Waals surface area contributed by atoms with Gasteiger partial charge < -0.3 is 10.6 Å². The van der Waals surface area contributed by atoms with Crippen molar-refractivity contribution < 1.29 is 14.4 Å². The van der Waals surface area contributed by atoms with E-state index in [0.717, 1.165) is 42.9 Å². The van der Waals surface area contributed by atoms with Crippen LogP contribution in [0.25, 0.3) is 0 Å². The number of carbonyl (C=O) groups is 3. The van der Waals surface area contributed by atoms with Crippen molar-refractivity contribution in [3.63, 3.8) is 0 Å². The minimum Gasteiger partial charge on any atom is -0.350 e. The number of carbonyl (C=O) groups excluding carboxylic acids is 3. The number of likely N-dealkylation sites (tertiary alicyclic amines) is 1. The summed E-state index contributed by atoms with van der Waals surface area (Å²) in [5, 5.41) is 5.80.